The molecule has 0 spiro atoms. The molecule has 0 unspecified atom stereocenters. The molecule has 0 aromatic heterocycles. The third-order valence-electron chi connectivity index (χ3n) is 3.65. The molecule has 0 saturated heterocycles. The number of halogens is 1. The quantitative estimate of drug-likeness (QED) is 0.925. The summed E-state index contributed by atoms with van der Waals surface area (Å²) in [6, 6.07) is 8.27. The molecule has 0 aliphatic heterocycles. The zero-order valence-electron chi connectivity index (χ0n) is 13.7. The summed E-state index contributed by atoms with van der Waals surface area (Å²) in [6.45, 7) is 5.93. The summed E-state index contributed by atoms with van der Waals surface area (Å²) in [6.07, 6.45) is -0.654. The molecule has 0 bridgehead atoms. The van der Waals surface area contributed by atoms with Crippen molar-refractivity contribution in [2.24, 2.45) is 0 Å². The van der Waals surface area contributed by atoms with E-state index >= 15 is 0 Å². The zero-order chi connectivity index (χ0) is 17.0. The Balaban J connectivity index is 2.23. The molecule has 5 heteroatoms. The summed E-state index contributed by atoms with van der Waals surface area (Å²) in [5.41, 5.74) is 3.44. The Bertz CT molecular complexity index is 728. The minimum absolute atomic E-state index is 0.0255. The summed E-state index contributed by atoms with van der Waals surface area (Å²) in [4.78, 5) is 11.4. The van der Waals surface area contributed by atoms with Gasteiger partial charge in [0, 0.05) is 7.05 Å². The molecule has 2 aromatic carbocycles. The molecule has 2 aromatic rings. The summed E-state index contributed by atoms with van der Waals surface area (Å²) >= 11 is 0. The maximum absolute atomic E-state index is 14.1. The van der Waals surface area contributed by atoms with Crippen molar-refractivity contribution >= 4 is 6.09 Å². The van der Waals surface area contributed by atoms with Gasteiger partial charge in [0.2, 0.25) is 0 Å². The van der Waals surface area contributed by atoms with Crippen LogP contribution in [0.15, 0.2) is 30.3 Å². The van der Waals surface area contributed by atoms with E-state index in [0.717, 1.165) is 11.1 Å². The monoisotopic (exact) mass is 317 g/mol. The van der Waals surface area contributed by atoms with Gasteiger partial charge in [0.1, 0.15) is 23.9 Å². The lowest BCUT2D eigenvalue weighted by Crippen LogP contribution is -2.23. The molecule has 4 nitrogen and oxygen atoms in total. The topological polar surface area (TPSA) is 47.6 Å². The van der Waals surface area contributed by atoms with Gasteiger partial charge in [0.25, 0.3) is 0 Å². The molecule has 0 saturated carbocycles. The van der Waals surface area contributed by atoms with Crippen molar-refractivity contribution in [3.05, 3.63) is 58.4 Å². The first-order valence-corrected chi connectivity index (χ1v) is 7.30. The Morgan fingerprint density at radius 2 is 1.78 bits per heavy atom. The van der Waals surface area contributed by atoms with Crippen LogP contribution in [0.25, 0.3) is 0 Å². The molecule has 23 heavy (non-hydrogen) atoms. The fraction of sp³-hybridized carbons (Fsp3) is 0.278. The van der Waals surface area contributed by atoms with Crippen molar-refractivity contribution in [3.63, 3.8) is 0 Å². The van der Waals surface area contributed by atoms with Crippen LogP contribution in [-0.2, 0) is 6.61 Å². The number of carbonyl (C=O) groups excluding carboxylic acids is 1. The van der Waals surface area contributed by atoms with E-state index in [0.29, 0.717) is 5.75 Å². The van der Waals surface area contributed by atoms with Gasteiger partial charge in [-0.3, -0.25) is 0 Å². The van der Waals surface area contributed by atoms with Gasteiger partial charge in [-0.1, -0.05) is 12.1 Å². The lowest BCUT2D eigenvalue weighted by atomic mass is 10.1. The van der Waals surface area contributed by atoms with Crippen LogP contribution in [0.2, 0.25) is 0 Å². The number of nitrogens with one attached hydrogen (secondary N) is 1. The highest BCUT2D eigenvalue weighted by Crippen LogP contribution is 2.27. The highest BCUT2D eigenvalue weighted by Gasteiger charge is 2.14. The first kappa shape index (κ1) is 16.8. The molecule has 122 valence electrons. The minimum atomic E-state index is -0.654. The van der Waals surface area contributed by atoms with Crippen molar-refractivity contribution in [1.29, 1.82) is 0 Å². The standard InChI is InChI=1S/C18H20FNO3/c1-11-8-13(3)17(9-12(11)2)22-10-14-15(19)6-5-7-16(14)23-18(21)20-4/h5-9H,10H2,1-4H3,(H,20,21). The predicted molar refractivity (Wildman–Crippen MR) is 86.5 cm³/mol. The molecular weight excluding hydrogens is 297 g/mol. The number of hydrogen-bond donors (Lipinski definition) is 1. The Morgan fingerprint density at radius 3 is 2.48 bits per heavy atom. The second-order valence-corrected chi connectivity index (χ2v) is 5.35. The van der Waals surface area contributed by atoms with E-state index in [9.17, 15) is 9.18 Å². The Kier molecular flexibility index (Phi) is 5.21. The molecule has 0 aliphatic rings. The van der Waals surface area contributed by atoms with Gasteiger partial charge in [-0.15, -0.1) is 0 Å². The molecule has 2 rings (SSSR count). The summed E-state index contributed by atoms with van der Waals surface area (Å²) in [5, 5.41) is 2.33. The maximum atomic E-state index is 14.1. The molecule has 1 amide bonds. The van der Waals surface area contributed by atoms with Gasteiger partial charge in [-0.2, -0.15) is 0 Å². The third-order valence-corrected chi connectivity index (χ3v) is 3.65. The van der Waals surface area contributed by atoms with Crippen molar-refractivity contribution in [2.45, 2.75) is 27.4 Å². The molecule has 0 atom stereocenters. The van der Waals surface area contributed by atoms with Crippen LogP contribution in [0.5, 0.6) is 11.5 Å². The number of aryl methyl sites for hydroxylation is 3. The lowest BCUT2D eigenvalue weighted by Gasteiger charge is -2.14. The van der Waals surface area contributed by atoms with Crippen LogP contribution < -0.4 is 14.8 Å². The van der Waals surface area contributed by atoms with E-state index in [-0.39, 0.29) is 17.9 Å². The van der Waals surface area contributed by atoms with Crippen molar-refractivity contribution < 1.29 is 18.7 Å². The zero-order valence-corrected chi connectivity index (χ0v) is 13.7. The normalized spacial score (nSPS) is 10.3. The molecule has 0 fully saturated rings. The minimum Gasteiger partial charge on any atom is -0.488 e. The van der Waals surface area contributed by atoms with Crippen LogP contribution >= 0.6 is 0 Å². The van der Waals surface area contributed by atoms with Gasteiger partial charge in [0.15, 0.2) is 0 Å². The van der Waals surface area contributed by atoms with E-state index in [4.69, 9.17) is 9.47 Å². The van der Waals surface area contributed by atoms with Crippen LogP contribution in [0.4, 0.5) is 9.18 Å². The van der Waals surface area contributed by atoms with Crippen LogP contribution in [0, 0.1) is 26.6 Å². The van der Waals surface area contributed by atoms with E-state index in [1.807, 2.05) is 32.9 Å². The average Bonchev–Trinajstić information content (AvgIpc) is 2.51. The molecule has 0 aliphatic carbocycles. The van der Waals surface area contributed by atoms with E-state index < -0.39 is 11.9 Å². The number of hydrogen-bond acceptors (Lipinski definition) is 3. The average molecular weight is 317 g/mol. The Morgan fingerprint density at radius 1 is 1.09 bits per heavy atom. The summed E-state index contributed by atoms with van der Waals surface area (Å²) < 4.78 is 24.9. The van der Waals surface area contributed by atoms with E-state index in [2.05, 4.69) is 5.32 Å². The van der Waals surface area contributed by atoms with Crippen LogP contribution in [0.3, 0.4) is 0 Å². The molecular formula is C18H20FNO3. The van der Waals surface area contributed by atoms with Crippen LogP contribution in [0.1, 0.15) is 22.3 Å². The lowest BCUT2D eigenvalue weighted by molar-refractivity contribution is 0.200. The fourth-order valence-corrected chi connectivity index (χ4v) is 2.16. The second kappa shape index (κ2) is 7.13. The highest BCUT2D eigenvalue weighted by molar-refractivity contribution is 5.70. The smallest absolute Gasteiger partial charge is 0.412 e. The number of rotatable bonds is 4. The molecule has 1 N–H and O–H groups in total. The van der Waals surface area contributed by atoms with Gasteiger partial charge in [0.05, 0.1) is 5.56 Å². The number of ether oxygens (including phenoxy) is 2. The third kappa shape index (κ3) is 4.00. The van der Waals surface area contributed by atoms with Gasteiger partial charge in [-0.05, 0) is 55.7 Å². The fourth-order valence-electron chi connectivity index (χ4n) is 2.16. The van der Waals surface area contributed by atoms with Crippen molar-refractivity contribution in [1.82, 2.24) is 5.32 Å². The number of amides is 1. The van der Waals surface area contributed by atoms with Gasteiger partial charge >= 0.3 is 6.09 Å². The van der Waals surface area contributed by atoms with E-state index in [1.54, 1.807) is 0 Å². The van der Waals surface area contributed by atoms with E-state index in [1.165, 1.54) is 30.8 Å². The summed E-state index contributed by atoms with van der Waals surface area (Å²) in [5.74, 6) is 0.348. The SMILES string of the molecule is CNC(=O)Oc1cccc(F)c1COc1cc(C)c(C)cc1C. The highest BCUT2D eigenvalue weighted by atomic mass is 19.1. The van der Waals surface area contributed by atoms with Crippen molar-refractivity contribution in [3.8, 4) is 11.5 Å². The first-order chi connectivity index (χ1) is 10.9. The first-order valence-electron chi connectivity index (χ1n) is 7.30. The number of carbonyl (C=O) groups is 1. The Hall–Kier alpha value is -2.56. The maximum Gasteiger partial charge on any atom is 0.412 e. The van der Waals surface area contributed by atoms with Crippen molar-refractivity contribution in [2.75, 3.05) is 7.05 Å². The van der Waals surface area contributed by atoms with Crippen LogP contribution in [-0.4, -0.2) is 13.1 Å². The summed E-state index contributed by atoms with van der Waals surface area (Å²) in [7, 11) is 1.44. The predicted octanol–water partition coefficient (Wildman–Crippen LogP) is 4.05. The van der Waals surface area contributed by atoms with Gasteiger partial charge < -0.3 is 14.8 Å². The second-order valence-electron chi connectivity index (χ2n) is 5.35. The largest absolute Gasteiger partial charge is 0.488 e. The molecule has 0 heterocycles. The number of benzene rings is 2. The Labute approximate surface area is 135 Å². The van der Waals surface area contributed by atoms with Gasteiger partial charge in [-0.25, -0.2) is 9.18 Å². The molecule has 0 radical (unpaired) electrons.